The molecule has 2 heterocycles. The summed E-state index contributed by atoms with van der Waals surface area (Å²) in [7, 11) is 0. The van der Waals surface area contributed by atoms with E-state index in [9.17, 15) is 0 Å². The van der Waals surface area contributed by atoms with Gasteiger partial charge in [-0.2, -0.15) is 0 Å². The summed E-state index contributed by atoms with van der Waals surface area (Å²) in [6.07, 6.45) is 1.89. The molecule has 0 amide bonds. The summed E-state index contributed by atoms with van der Waals surface area (Å²) in [6, 6.07) is 2.85. The van der Waals surface area contributed by atoms with Crippen molar-refractivity contribution in [1.82, 2.24) is 15.1 Å². The molecule has 1 aliphatic rings. The van der Waals surface area contributed by atoms with E-state index in [0.717, 1.165) is 45.0 Å². The average Bonchev–Trinajstić information content (AvgIpc) is 2.84. The van der Waals surface area contributed by atoms with Crippen LogP contribution in [0, 0.1) is 0 Å². The van der Waals surface area contributed by atoms with Crippen LogP contribution in [0.1, 0.15) is 45.9 Å². The van der Waals surface area contributed by atoms with Gasteiger partial charge in [0.2, 0.25) is 0 Å². The van der Waals surface area contributed by atoms with Crippen molar-refractivity contribution in [2.45, 2.75) is 59.3 Å². The molecule has 0 unspecified atom stereocenters. The molecule has 0 radical (unpaired) electrons. The number of hydrogen-bond donors (Lipinski definition) is 1. The van der Waals surface area contributed by atoms with E-state index in [0.29, 0.717) is 6.04 Å². The number of rotatable bonds is 5. The van der Waals surface area contributed by atoms with E-state index in [1.807, 2.05) is 6.26 Å². The second-order valence-electron chi connectivity index (χ2n) is 7.43. The van der Waals surface area contributed by atoms with Crippen molar-refractivity contribution in [1.29, 1.82) is 0 Å². The lowest BCUT2D eigenvalue weighted by molar-refractivity contribution is 0.0991. The average molecular weight is 293 g/mol. The molecule has 1 aromatic rings. The molecule has 4 heteroatoms. The molecule has 1 N–H and O–H groups in total. The molecule has 0 aromatic carbocycles. The molecule has 0 atom stereocenters. The van der Waals surface area contributed by atoms with E-state index in [2.05, 4.69) is 55.8 Å². The fourth-order valence-corrected chi connectivity index (χ4v) is 2.63. The fourth-order valence-electron chi connectivity index (χ4n) is 2.63. The van der Waals surface area contributed by atoms with Crippen LogP contribution in [0.15, 0.2) is 16.7 Å². The normalized spacial score (nSPS) is 18.6. The molecule has 2 rings (SSSR count). The van der Waals surface area contributed by atoms with Crippen LogP contribution in [0.2, 0.25) is 0 Å². The van der Waals surface area contributed by atoms with E-state index >= 15 is 0 Å². The Morgan fingerprint density at radius 3 is 2.43 bits per heavy atom. The van der Waals surface area contributed by atoms with Gasteiger partial charge in [-0.05, 0) is 40.7 Å². The van der Waals surface area contributed by atoms with Crippen LogP contribution in [0.3, 0.4) is 0 Å². The third kappa shape index (κ3) is 5.46. The highest BCUT2D eigenvalue weighted by molar-refractivity contribution is 5.13. The Kier molecular flexibility index (Phi) is 5.47. The molecule has 0 aliphatic carbocycles. The SMILES string of the molecule is CC(C)N1CCN(Cc2cc(CNC(C)(C)C)co2)CC1. The van der Waals surface area contributed by atoms with Gasteiger partial charge in [0.1, 0.15) is 5.76 Å². The molecular formula is C17H31N3O. The van der Waals surface area contributed by atoms with Gasteiger partial charge in [-0.25, -0.2) is 0 Å². The van der Waals surface area contributed by atoms with Crippen molar-refractivity contribution in [2.24, 2.45) is 0 Å². The van der Waals surface area contributed by atoms with E-state index in [1.54, 1.807) is 0 Å². The smallest absolute Gasteiger partial charge is 0.118 e. The van der Waals surface area contributed by atoms with Gasteiger partial charge in [0, 0.05) is 49.9 Å². The topological polar surface area (TPSA) is 31.6 Å². The van der Waals surface area contributed by atoms with Crippen molar-refractivity contribution in [3.63, 3.8) is 0 Å². The van der Waals surface area contributed by atoms with Gasteiger partial charge in [0.05, 0.1) is 12.8 Å². The second-order valence-corrected chi connectivity index (χ2v) is 7.43. The summed E-state index contributed by atoms with van der Waals surface area (Å²) in [5.41, 5.74) is 1.38. The van der Waals surface area contributed by atoms with Gasteiger partial charge >= 0.3 is 0 Å². The van der Waals surface area contributed by atoms with Gasteiger partial charge in [-0.15, -0.1) is 0 Å². The minimum atomic E-state index is 0.143. The van der Waals surface area contributed by atoms with Crippen LogP contribution in [-0.4, -0.2) is 47.6 Å². The lowest BCUT2D eigenvalue weighted by atomic mass is 10.1. The van der Waals surface area contributed by atoms with E-state index in [4.69, 9.17) is 4.42 Å². The maximum Gasteiger partial charge on any atom is 0.118 e. The van der Waals surface area contributed by atoms with Gasteiger partial charge in [-0.3, -0.25) is 9.80 Å². The predicted molar refractivity (Wildman–Crippen MR) is 87.3 cm³/mol. The standard InChI is InChI=1S/C17H31N3O/c1-14(2)20-8-6-19(7-9-20)12-16-10-15(13-21-16)11-18-17(3,4)5/h10,13-14,18H,6-9,11-12H2,1-5H3. The third-order valence-electron chi connectivity index (χ3n) is 4.05. The molecule has 1 aromatic heterocycles. The van der Waals surface area contributed by atoms with Crippen molar-refractivity contribution in [3.8, 4) is 0 Å². The number of furan rings is 1. The van der Waals surface area contributed by atoms with Crippen LogP contribution < -0.4 is 5.32 Å². The van der Waals surface area contributed by atoms with Crippen LogP contribution in [0.25, 0.3) is 0 Å². The lowest BCUT2D eigenvalue weighted by Gasteiger charge is -2.36. The lowest BCUT2D eigenvalue weighted by Crippen LogP contribution is -2.48. The number of hydrogen-bond acceptors (Lipinski definition) is 4. The first-order valence-corrected chi connectivity index (χ1v) is 8.11. The minimum absolute atomic E-state index is 0.143. The van der Waals surface area contributed by atoms with E-state index in [-0.39, 0.29) is 5.54 Å². The largest absolute Gasteiger partial charge is 0.468 e. The summed E-state index contributed by atoms with van der Waals surface area (Å²) >= 11 is 0. The predicted octanol–water partition coefficient (Wildman–Crippen LogP) is 2.69. The Hall–Kier alpha value is -0.840. The first-order chi connectivity index (χ1) is 9.83. The Morgan fingerprint density at radius 2 is 1.86 bits per heavy atom. The maximum atomic E-state index is 5.71. The first-order valence-electron chi connectivity index (χ1n) is 8.11. The summed E-state index contributed by atoms with van der Waals surface area (Å²) in [5, 5.41) is 3.49. The molecule has 0 saturated carbocycles. The second kappa shape index (κ2) is 6.95. The molecule has 120 valence electrons. The van der Waals surface area contributed by atoms with Gasteiger partial charge in [-0.1, -0.05) is 0 Å². The zero-order valence-corrected chi connectivity index (χ0v) is 14.3. The Morgan fingerprint density at radius 1 is 1.19 bits per heavy atom. The number of nitrogens with one attached hydrogen (secondary N) is 1. The number of piperazine rings is 1. The van der Waals surface area contributed by atoms with Crippen LogP contribution in [0.4, 0.5) is 0 Å². The van der Waals surface area contributed by atoms with Crippen LogP contribution in [-0.2, 0) is 13.1 Å². The van der Waals surface area contributed by atoms with Crippen molar-refractivity contribution < 1.29 is 4.42 Å². The number of nitrogens with zero attached hydrogens (tertiary/aromatic N) is 2. The quantitative estimate of drug-likeness (QED) is 0.904. The van der Waals surface area contributed by atoms with Crippen molar-refractivity contribution in [3.05, 3.63) is 23.7 Å². The molecule has 4 nitrogen and oxygen atoms in total. The molecule has 21 heavy (non-hydrogen) atoms. The molecule has 0 bridgehead atoms. The van der Waals surface area contributed by atoms with E-state index in [1.165, 1.54) is 5.56 Å². The van der Waals surface area contributed by atoms with Crippen LogP contribution >= 0.6 is 0 Å². The highest BCUT2D eigenvalue weighted by Crippen LogP contribution is 2.14. The zero-order valence-electron chi connectivity index (χ0n) is 14.3. The van der Waals surface area contributed by atoms with Crippen molar-refractivity contribution in [2.75, 3.05) is 26.2 Å². The minimum Gasteiger partial charge on any atom is -0.468 e. The summed E-state index contributed by atoms with van der Waals surface area (Å²) in [5.74, 6) is 1.08. The summed E-state index contributed by atoms with van der Waals surface area (Å²) < 4.78 is 5.71. The fraction of sp³-hybridized carbons (Fsp3) is 0.765. The summed E-state index contributed by atoms with van der Waals surface area (Å²) in [4.78, 5) is 5.02. The monoisotopic (exact) mass is 293 g/mol. The van der Waals surface area contributed by atoms with Gasteiger partial charge < -0.3 is 9.73 Å². The van der Waals surface area contributed by atoms with Gasteiger partial charge in [0.25, 0.3) is 0 Å². The van der Waals surface area contributed by atoms with Gasteiger partial charge in [0.15, 0.2) is 0 Å². The molecular weight excluding hydrogens is 262 g/mol. The maximum absolute atomic E-state index is 5.71. The molecule has 1 aliphatic heterocycles. The summed E-state index contributed by atoms with van der Waals surface area (Å²) in [6.45, 7) is 17.5. The highest BCUT2D eigenvalue weighted by Gasteiger charge is 2.19. The highest BCUT2D eigenvalue weighted by atomic mass is 16.3. The molecule has 0 spiro atoms. The molecule has 1 saturated heterocycles. The van der Waals surface area contributed by atoms with Crippen LogP contribution in [0.5, 0.6) is 0 Å². The molecule has 1 fully saturated rings. The first kappa shape index (κ1) is 16.5. The van der Waals surface area contributed by atoms with E-state index < -0.39 is 0 Å². The zero-order chi connectivity index (χ0) is 15.5. The Labute approximate surface area is 129 Å². The third-order valence-corrected chi connectivity index (χ3v) is 4.05. The Bertz CT molecular complexity index is 425. The Balaban J connectivity index is 1.78. The van der Waals surface area contributed by atoms with Crippen molar-refractivity contribution >= 4 is 0 Å².